The van der Waals surface area contributed by atoms with E-state index < -0.39 is 5.60 Å². The van der Waals surface area contributed by atoms with Crippen LogP contribution in [0.1, 0.15) is 12.8 Å². The van der Waals surface area contributed by atoms with Crippen molar-refractivity contribution in [1.29, 1.82) is 0 Å². The van der Waals surface area contributed by atoms with Crippen LogP contribution in [0.2, 0.25) is 0 Å². The largest absolute Gasteiger partial charge is 0.491 e. The minimum Gasteiger partial charge on any atom is -0.491 e. The summed E-state index contributed by atoms with van der Waals surface area (Å²) in [6.45, 7) is 1.46. The van der Waals surface area contributed by atoms with E-state index in [1.165, 1.54) is 0 Å². The first-order valence-electron chi connectivity index (χ1n) is 7.49. The van der Waals surface area contributed by atoms with Crippen molar-refractivity contribution in [2.24, 2.45) is 0 Å². The first-order chi connectivity index (χ1) is 10.7. The molecule has 0 unspecified atom stereocenters. The Balaban J connectivity index is 1.55. The molecular formula is C18H20O4. The lowest BCUT2D eigenvalue weighted by molar-refractivity contribution is -0.0855. The van der Waals surface area contributed by atoms with E-state index in [9.17, 15) is 5.11 Å². The third kappa shape index (κ3) is 4.00. The van der Waals surface area contributed by atoms with Gasteiger partial charge in [-0.05, 0) is 36.4 Å². The highest BCUT2D eigenvalue weighted by Crippen LogP contribution is 2.25. The van der Waals surface area contributed by atoms with Crippen LogP contribution in [0.5, 0.6) is 17.2 Å². The van der Waals surface area contributed by atoms with Gasteiger partial charge in [-0.15, -0.1) is 0 Å². The molecule has 0 bridgehead atoms. The quantitative estimate of drug-likeness (QED) is 0.919. The molecule has 1 N–H and O–H groups in total. The molecule has 1 aliphatic rings. The minimum absolute atomic E-state index is 0.287. The number of aliphatic hydroxyl groups is 1. The molecule has 2 aromatic rings. The maximum atomic E-state index is 10.4. The molecule has 0 radical (unpaired) electrons. The Morgan fingerprint density at radius 2 is 1.45 bits per heavy atom. The molecule has 22 heavy (non-hydrogen) atoms. The van der Waals surface area contributed by atoms with E-state index in [-0.39, 0.29) is 6.61 Å². The highest BCUT2D eigenvalue weighted by Gasteiger charge is 2.30. The fourth-order valence-corrected chi connectivity index (χ4v) is 2.34. The maximum absolute atomic E-state index is 10.4. The molecule has 1 aliphatic heterocycles. The van der Waals surface area contributed by atoms with Crippen LogP contribution in [0.4, 0.5) is 0 Å². The highest BCUT2D eigenvalue weighted by molar-refractivity contribution is 5.35. The number of para-hydroxylation sites is 1. The van der Waals surface area contributed by atoms with E-state index in [0.717, 1.165) is 17.2 Å². The van der Waals surface area contributed by atoms with Crippen LogP contribution in [0.15, 0.2) is 54.6 Å². The molecule has 3 rings (SSSR count). The second kappa shape index (κ2) is 6.81. The van der Waals surface area contributed by atoms with Crippen molar-refractivity contribution in [3.05, 3.63) is 54.6 Å². The number of hydrogen-bond acceptors (Lipinski definition) is 4. The molecule has 0 aliphatic carbocycles. The predicted molar refractivity (Wildman–Crippen MR) is 83.5 cm³/mol. The van der Waals surface area contributed by atoms with Gasteiger partial charge in [-0.3, -0.25) is 0 Å². The Labute approximate surface area is 130 Å². The van der Waals surface area contributed by atoms with Crippen LogP contribution in [0.25, 0.3) is 0 Å². The Bertz CT molecular complexity index is 574. The van der Waals surface area contributed by atoms with Crippen molar-refractivity contribution in [3.63, 3.8) is 0 Å². The number of rotatable bonds is 5. The van der Waals surface area contributed by atoms with Crippen molar-refractivity contribution >= 4 is 0 Å². The molecule has 4 nitrogen and oxygen atoms in total. The first-order valence-corrected chi connectivity index (χ1v) is 7.49. The molecule has 0 saturated carbocycles. The van der Waals surface area contributed by atoms with Crippen LogP contribution in [-0.4, -0.2) is 30.5 Å². The Morgan fingerprint density at radius 1 is 0.864 bits per heavy atom. The van der Waals surface area contributed by atoms with Gasteiger partial charge in [0.2, 0.25) is 0 Å². The summed E-state index contributed by atoms with van der Waals surface area (Å²) >= 11 is 0. The summed E-state index contributed by atoms with van der Waals surface area (Å²) in [5.41, 5.74) is -0.780. The maximum Gasteiger partial charge on any atom is 0.127 e. The average Bonchev–Trinajstić information content (AvgIpc) is 2.56. The van der Waals surface area contributed by atoms with Gasteiger partial charge < -0.3 is 19.3 Å². The molecule has 0 amide bonds. The van der Waals surface area contributed by atoms with Gasteiger partial charge in [-0.2, -0.15) is 0 Å². The van der Waals surface area contributed by atoms with Crippen LogP contribution in [-0.2, 0) is 4.74 Å². The molecule has 0 aromatic heterocycles. The fraction of sp³-hybridized carbons (Fsp3) is 0.333. The van der Waals surface area contributed by atoms with Crippen molar-refractivity contribution < 1.29 is 19.3 Å². The van der Waals surface area contributed by atoms with Crippen molar-refractivity contribution in [3.8, 4) is 17.2 Å². The molecule has 2 aromatic carbocycles. The number of ether oxygens (including phenoxy) is 3. The summed E-state index contributed by atoms with van der Waals surface area (Å²) in [5.74, 6) is 2.27. The number of benzene rings is 2. The topological polar surface area (TPSA) is 47.9 Å². The van der Waals surface area contributed by atoms with Crippen LogP contribution in [0, 0.1) is 0 Å². The summed E-state index contributed by atoms with van der Waals surface area (Å²) in [6.07, 6.45) is 1.23. The smallest absolute Gasteiger partial charge is 0.127 e. The lowest BCUT2D eigenvalue weighted by Gasteiger charge is -2.31. The predicted octanol–water partition coefficient (Wildman–Crippen LogP) is 3.40. The van der Waals surface area contributed by atoms with Crippen molar-refractivity contribution in [2.75, 3.05) is 19.8 Å². The zero-order chi connectivity index (χ0) is 15.3. The minimum atomic E-state index is -0.780. The molecular weight excluding hydrogens is 280 g/mol. The van der Waals surface area contributed by atoms with Crippen molar-refractivity contribution in [1.82, 2.24) is 0 Å². The molecule has 0 spiro atoms. The second-order valence-electron chi connectivity index (χ2n) is 5.51. The Morgan fingerprint density at radius 3 is 2.14 bits per heavy atom. The van der Waals surface area contributed by atoms with E-state index >= 15 is 0 Å². The van der Waals surface area contributed by atoms with Crippen LogP contribution in [0.3, 0.4) is 0 Å². The monoisotopic (exact) mass is 300 g/mol. The van der Waals surface area contributed by atoms with Gasteiger partial charge in [0.1, 0.15) is 29.5 Å². The summed E-state index contributed by atoms with van der Waals surface area (Å²) in [7, 11) is 0. The fourth-order valence-electron chi connectivity index (χ4n) is 2.34. The molecule has 4 heteroatoms. The summed E-state index contributed by atoms with van der Waals surface area (Å²) < 4.78 is 16.7. The molecule has 116 valence electrons. The van der Waals surface area contributed by atoms with Gasteiger partial charge in [-0.25, -0.2) is 0 Å². The highest BCUT2D eigenvalue weighted by atomic mass is 16.5. The van der Waals surface area contributed by atoms with E-state index in [0.29, 0.717) is 26.1 Å². The van der Waals surface area contributed by atoms with Gasteiger partial charge in [0.25, 0.3) is 0 Å². The summed E-state index contributed by atoms with van der Waals surface area (Å²) in [5, 5.41) is 10.4. The molecule has 0 atom stereocenters. The van der Waals surface area contributed by atoms with E-state index in [1.807, 2.05) is 54.6 Å². The standard InChI is InChI=1S/C18H20O4/c19-18(10-12-20-13-11-18)14-21-15-6-8-17(9-7-15)22-16-4-2-1-3-5-16/h1-9,19H,10-14H2. The van der Waals surface area contributed by atoms with Gasteiger partial charge in [0.15, 0.2) is 0 Å². The summed E-state index contributed by atoms with van der Waals surface area (Å²) in [4.78, 5) is 0. The zero-order valence-corrected chi connectivity index (χ0v) is 12.4. The second-order valence-corrected chi connectivity index (χ2v) is 5.51. The zero-order valence-electron chi connectivity index (χ0n) is 12.4. The van der Waals surface area contributed by atoms with Gasteiger partial charge in [-0.1, -0.05) is 18.2 Å². The Hall–Kier alpha value is -2.04. The van der Waals surface area contributed by atoms with E-state index in [1.54, 1.807) is 0 Å². The van der Waals surface area contributed by atoms with E-state index in [4.69, 9.17) is 14.2 Å². The Kier molecular flexibility index (Phi) is 4.61. The SMILES string of the molecule is OC1(COc2ccc(Oc3ccccc3)cc2)CCOCC1. The molecule has 1 saturated heterocycles. The third-order valence-electron chi connectivity index (χ3n) is 3.73. The molecule has 1 fully saturated rings. The van der Waals surface area contributed by atoms with E-state index in [2.05, 4.69) is 0 Å². The lowest BCUT2D eigenvalue weighted by Crippen LogP contribution is -2.41. The first kappa shape index (κ1) is 14.9. The summed E-state index contributed by atoms with van der Waals surface area (Å²) in [6, 6.07) is 17.0. The normalized spacial score (nSPS) is 17.0. The van der Waals surface area contributed by atoms with Gasteiger partial charge in [0, 0.05) is 26.1 Å². The lowest BCUT2D eigenvalue weighted by atomic mass is 9.96. The van der Waals surface area contributed by atoms with Gasteiger partial charge >= 0.3 is 0 Å². The van der Waals surface area contributed by atoms with Gasteiger partial charge in [0.05, 0.1) is 0 Å². The van der Waals surface area contributed by atoms with Crippen molar-refractivity contribution in [2.45, 2.75) is 18.4 Å². The average molecular weight is 300 g/mol. The van der Waals surface area contributed by atoms with Crippen LogP contribution < -0.4 is 9.47 Å². The molecule has 1 heterocycles. The van der Waals surface area contributed by atoms with Crippen LogP contribution >= 0.6 is 0 Å². The number of hydrogen-bond donors (Lipinski definition) is 1. The third-order valence-corrected chi connectivity index (χ3v) is 3.73.